The molecule has 192 valence electrons. The zero-order chi connectivity index (χ0) is 26.4. The Kier molecular flexibility index (Phi) is 7.93. The van der Waals surface area contributed by atoms with Crippen molar-refractivity contribution in [3.05, 3.63) is 89.4 Å². The average Bonchev–Trinajstić information content (AvgIpc) is 3.31. The zero-order valence-electron chi connectivity index (χ0n) is 21.1. The Morgan fingerprint density at radius 1 is 1.14 bits per heavy atom. The van der Waals surface area contributed by atoms with Crippen LogP contribution < -0.4 is 10.1 Å². The molecule has 4 aromatic rings. The van der Waals surface area contributed by atoms with Gasteiger partial charge in [-0.05, 0) is 92.3 Å². The van der Waals surface area contributed by atoms with E-state index >= 15 is 0 Å². The molecule has 1 amide bonds. The van der Waals surface area contributed by atoms with Gasteiger partial charge in [0, 0.05) is 12.6 Å². The molecule has 0 spiro atoms. The van der Waals surface area contributed by atoms with Crippen LogP contribution in [0.4, 0.5) is 10.2 Å². The first-order valence-electron chi connectivity index (χ1n) is 12.1. The lowest BCUT2D eigenvalue weighted by molar-refractivity contribution is 0.0641. The highest BCUT2D eigenvalue weighted by Crippen LogP contribution is 2.29. The van der Waals surface area contributed by atoms with Crippen molar-refractivity contribution in [1.82, 2.24) is 20.2 Å². The first-order valence-corrected chi connectivity index (χ1v) is 12.1. The van der Waals surface area contributed by atoms with Gasteiger partial charge >= 0.3 is 0 Å². The summed E-state index contributed by atoms with van der Waals surface area (Å²) in [5, 5.41) is 20.5. The average molecular weight is 504 g/mol. The van der Waals surface area contributed by atoms with E-state index < -0.39 is 11.5 Å². The van der Waals surface area contributed by atoms with Crippen LogP contribution in [0.25, 0.3) is 11.1 Å². The number of aryl methyl sites for hydroxylation is 1. The zero-order valence-corrected chi connectivity index (χ0v) is 21.1. The summed E-state index contributed by atoms with van der Waals surface area (Å²) in [6.45, 7) is 6.07. The molecule has 0 saturated heterocycles. The van der Waals surface area contributed by atoms with Gasteiger partial charge in [-0.25, -0.2) is 9.37 Å². The van der Waals surface area contributed by atoms with Gasteiger partial charge in [0.2, 0.25) is 5.82 Å². The Morgan fingerprint density at radius 3 is 2.76 bits per heavy atom. The molecule has 3 N–H and O–H groups in total. The molecular weight excluding hydrogens is 473 g/mol. The topological polar surface area (TPSA) is 113 Å². The molecule has 2 aromatic heterocycles. The summed E-state index contributed by atoms with van der Waals surface area (Å²) >= 11 is 0. The molecule has 0 radical (unpaired) electrons. The number of benzene rings is 2. The molecule has 0 aliphatic carbocycles. The summed E-state index contributed by atoms with van der Waals surface area (Å²) in [6.07, 6.45) is 3.33. The number of carbonyl (C=O) groups excluding carboxylic acids is 1. The van der Waals surface area contributed by atoms with Gasteiger partial charge in [0.25, 0.3) is 5.91 Å². The molecule has 0 aliphatic heterocycles. The van der Waals surface area contributed by atoms with Crippen LogP contribution in [0.1, 0.15) is 54.3 Å². The second-order valence-electron chi connectivity index (χ2n) is 9.55. The van der Waals surface area contributed by atoms with Crippen LogP contribution in [-0.4, -0.2) is 43.4 Å². The molecule has 0 unspecified atom stereocenters. The van der Waals surface area contributed by atoms with Crippen LogP contribution in [0.5, 0.6) is 5.75 Å². The number of nitrogens with zero attached hydrogens (tertiary/aromatic N) is 3. The van der Waals surface area contributed by atoms with E-state index in [1.807, 2.05) is 31.2 Å². The second kappa shape index (κ2) is 11.3. The van der Waals surface area contributed by atoms with Crippen molar-refractivity contribution in [2.45, 2.75) is 45.6 Å². The van der Waals surface area contributed by atoms with Gasteiger partial charge in [-0.15, -0.1) is 10.2 Å². The number of hydrogen-bond donors (Lipinski definition) is 3. The number of carbonyl (C=O) groups is 1. The standard InChI is InChI=1S/C28H30FN5O3/c1-18-8-9-22(37-13-5-11-28(2,3)36)17-23(18)20-10-12-30-24(16-20)32-27(35)26-31-25(33-34-26)15-19-6-4-7-21(29)14-19/h4,6-10,12,14,16-17,36H,5,11,13,15H2,1-3H3,(H,30,32,35)(H,31,33,34). The number of pyridine rings is 1. The first kappa shape index (κ1) is 26.0. The van der Waals surface area contributed by atoms with Crippen LogP contribution in [0.15, 0.2) is 60.8 Å². The number of aliphatic hydroxyl groups is 1. The van der Waals surface area contributed by atoms with Crippen molar-refractivity contribution in [2.24, 2.45) is 0 Å². The monoisotopic (exact) mass is 503 g/mol. The Hall–Kier alpha value is -4.11. The fourth-order valence-electron chi connectivity index (χ4n) is 3.86. The van der Waals surface area contributed by atoms with E-state index in [4.69, 9.17) is 4.74 Å². The van der Waals surface area contributed by atoms with Gasteiger partial charge in [0.15, 0.2) is 0 Å². The highest BCUT2D eigenvalue weighted by Gasteiger charge is 2.15. The molecule has 8 nitrogen and oxygen atoms in total. The number of H-pyrrole nitrogens is 1. The Bertz CT molecular complexity index is 1380. The number of halogens is 1. The third-order valence-electron chi connectivity index (χ3n) is 5.73. The van der Waals surface area contributed by atoms with E-state index in [0.29, 0.717) is 31.1 Å². The SMILES string of the molecule is Cc1ccc(OCCCC(C)(C)O)cc1-c1ccnc(NC(=O)c2nnc(Cc3cccc(F)c3)[nH]2)c1. The van der Waals surface area contributed by atoms with Gasteiger partial charge in [-0.2, -0.15) is 0 Å². The van der Waals surface area contributed by atoms with E-state index in [1.54, 1.807) is 38.2 Å². The van der Waals surface area contributed by atoms with Crippen molar-refractivity contribution < 1.29 is 19.0 Å². The summed E-state index contributed by atoms with van der Waals surface area (Å²) < 4.78 is 19.3. The number of anilines is 1. The number of amides is 1. The highest BCUT2D eigenvalue weighted by molar-refractivity contribution is 6.01. The van der Waals surface area contributed by atoms with Crippen molar-refractivity contribution in [3.8, 4) is 16.9 Å². The summed E-state index contributed by atoms with van der Waals surface area (Å²) in [7, 11) is 0. The van der Waals surface area contributed by atoms with Crippen LogP contribution in [0.3, 0.4) is 0 Å². The van der Waals surface area contributed by atoms with E-state index in [2.05, 4.69) is 25.5 Å². The maximum Gasteiger partial charge on any atom is 0.294 e. The van der Waals surface area contributed by atoms with Crippen molar-refractivity contribution in [1.29, 1.82) is 0 Å². The summed E-state index contributed by atoms with van der Waals surface area (Å²) in [6, 6.07) is 15.7. The molecule has 0 fully saturated rings. The predicted molar refractivity (Wildman–Crippen MR) is 139 cm³/mol. The molecule has 2 heterocycles. The molecule has 37 heavy (non-hydrogen) atoms. The Balaban J connectivity index is 1.42. The lowest BCUT2D eigenvalue weighted by Gasteiger charge is -2.17. The Labute approximate surface area is 215 Å². The molecule has 0 bridgehead atoms. The number of rotatable bonds is 10. The summed E-state index contributed by atoms with van der Waals surface area (Å²) in [5.41, 5.74) is 2.87. The van der Waals surface area contributed by atoms with Gasteiger partial charge in [-0.3, -0.25) is 4.79 Å². The van der Waals surface area contributed by atoms with Crippen LogP contribution in [0, 0.1) is 12.7 Å². The lowest BCUT2D eigenvalue weighted by atomic mass is 10.0. The van der Waals surface area contributed by atoms with Gasteiger partial charge in [-0.1, -0.05) is 18.2 Å². The van der Waals surface area contributed by atoms with E-state index in [1.165, 1.54) is 12.1 Å². The maximum atomic E-state index is 13.4. The van der Waals surface area contributed by atoms with Gasteiger partial charge < -0.3 is 20.1 Å². The molecule has 0 saturated carbocycles. The van der Waals surface area contributed by atoms with Crippen molar-refractivity contribution in [2.75, 3.05) is 11.9 Å². The number of nitrogens with one attached hydrogen (secondary N) is 2. The number of aromatic nitrogens is 4. The number of hydrogen-bond acceptors (Lipinski definition) is 6. The molecule has 9 heteroatoms. The van der Waals surface area contributed by atoms with Crippen molar-refractivity contribution >= 4 is 11.7 Å². The minimum absolute atomic E-state index is 0.0382. The first-order chi connectivity index (χ1) is 17.7. The third kappa shape index (κ3) is 7.44. The minimum Gasteiger partial charge on any atom is -0.494 e. The van der Waals surface area contributed by atoms with E-state index in [9.17, 15) is 14.3 Å². The largest absolute Gasteiger partial charge is 0.494 e. The molecule has 2 aromatic carbocycles. The molecule has 0 atom stereocenters. The summed E-state index contributed by atoms with van der Waals surface area (Å²) in [4.78, 5) is 19.9. The van der Waals surface area contributed by atoms with Crippen molar-refractivity contribution in [3.63, 3.8) is 0 Å². The van der Waals surface area contributed by atoms with E-state index in [-0.39, 0.29) is 11.6 Å². The second-order valence-corrected chi connectivity index (χ2v) is 9.55. The number of ether oxygens (including phenoxy) is 1. The third-order valence-corrected chi connectivity index (χ3v) is 5.73. The van der Waals surface area contributed by atoms with Gasteiger partial charge in [0.1, 0.15) is 23.2 Å². The normalized spacial score (nSPS) is 11.4. The Morgan fingerprint density at radius 2 is 1.97 bits per heavy atom. The summed E-state index contributed by atoms with van der Waals surface area (Å²) in [5.74, 6) is 0.763. The lowest BCUT2D eigenvalue weighted by Crippen LogP contribution is -2.19. The van der Waals surface area contributed by atoms with E-state index in [0.717, 1.165) is 34.4 Å². The smallest absolute Gasteiger partial charge is 0.294 e. The molecular formula is C28H30FN5O3. The predicted octanol–water partition coefficient (Wildman–Crippen LogP) is 5.09. The minimum atomic E-state index is -0.714. The van der Waals surface area contributed by atoms with Gasteiger partial charge in [0.05, 0.1) is 12.2 Å². The highest BCUT2D eigenvalue weighted by atomic mass is 19.1. The fourth-order valence-corrected chi connectivity index (χ4v) is 3.86. The fraction of sp³-hybridized carbons (Fsp3) is 0.286. The number of aromatic amines is 1. The van der Waals surface area contributed by atoms with Crippen LogP contribution in [0.2, 0.25) is 0 Å². The molecule has 4 rings (SSSR count). The van der Waals surface area contributed by atoms with Crippen LogP contribution >= 0.6 is 0 Å². The van der Waals surface area contributed by atoms with Crippen LogP contribution in [-0.2, 0) is 6.42 Å². The molecule has 0 aliphatic rings. The maximum absolute atomic E-state index is 13.4. The quantitative estimate of drug-likeness (QED) is 0.260.